The molecule has 1 heterocycles. The predicted molar refractivity (Wildman–Crippen MR) is 65.0 cm³/mol. The van der Waals surface area contributed by atoms with Gasteiger partial charge in [0, 0.05) is 18.8 Å². The van der Waals surface area contributed by atoms with Gasteiger partial charge in [0.2, 0.25) is 11.7 Å². The molecule has 1 aromatic heterocycles. The van der Waals surface area contributed by atoms with E-state index in [9.17, 15) is 19.7 Å². The number of likely N-dealkylation sites (N-methyl/N-ethyl adjacent to an activating group) is 1. The van der Waals surface area contributed by atoms with Crippen LogP contribution in [0.4, 0.5) is 11.5 Å². The number of hydrogen-bond donors (Lipinski definition) is 3. The Morgan fingerprint density at radius 2 is 2.21 bits per heavy atom. The molecule has 0 saturated heterocycles. The topological polar surface area (TPSA) is 134 Å². The lowest BCUT2D eigenvalue weighted by Crippen LogP contribution is -2.29. The van der Waals surface area contributed by atoms with E-state index < -0.39 is 16.6 Å². The van der Waals surface area contributed by atoms with Crippen LogP contribution in [0.2, 0.25) is 0 Å². The van der Waals surface area contributed by atoms with Crippen LogP contribution in [0, 0.1) is 10.1 Å². The summed E-state index contributed by atoms with van der Waals surface area (Å²) >= 11 is 0. The second-order valence-corrected chi connectivity index (χ2v) is 3.46. The van der Waals surface area contributed by atoms with Crippen LogP contribution in [0.15, 0.2) is 12.3 Å². The van der Waals surface area contributed by atoms with Gasteiger partial charge in [-0.1, -0.05) is 0 Å². The number of aromatic carboxylic acids is 1. The largest absolute Gasteiger partial charge is 0.478 e. The first-order chi connectivity index (χ1) is 8.95. The van der Waals surface area contributed by atoms with Crippen LogP contribution < -0.4 is 10.6 Å². The van der Waals surface area contributed by atoms with Crippen molar-refractivity contribution in [1.82, 2.24) is 10.3 Å². The fourth-order valence-electron chi connectivity index (χ4n) is 1.27. The highest BCUT2D eigenvalue weighted by Crippen LogP contribution is 2.22. The summed E-state index contributed by atoms with van der Waals surface area (Å²) in [5, 5.41) is 24.5. The summed E-state index contributed by atoms with van der Waals surface area (Å²) in [4.78, 5) is 35.6. The fraction of sp³-hybridized carbons (Fsp3) is 0.300. The first kappa shape index (κ1) is 14.4. The number of carbonyl (C=O) groups is 2. The van der Waals surface area contributed by atoms with Crippen LogP contribution in [0.3, 0.4) is 0 Å². The molecule has 1 rings (SSSR count). The molecule has 0 atom stereocenters. The summed E-state index contributed by atoms with van der Waals surface area (Å²) in [7, 11) is 0. The molecule has 0 aliphatic rings. The number of carboxylic acids is 1. The van der Waals surface area contributed by atoms with E-state index in [0.717, 1.165) is 12.3 Å². The van der Waals surface area contributed by atoms with Gasteiger partial charge >= 0.3 is 11.7 Å². The Morgan fingerprint density at radius 3 is 2.74 bits per heavy atom. The first-order valence-electron chi connectivity index (χ1n) is 5.34. The number of nitrogens with one attached hydrogen (secondary N) is 2. The Kier molecular flexibility index (Phi) is 4.75. The molecule has 9 nitrogen and oxygen atoms in total. The van der Waals surface area contributed by atoms with E-state index in [1.807, 2.05) is 0 Å². The molecule has 19 heavy (non-hydrogen) atoms. The van der Waals surface area contributed by atoms with Crippen molar-refractivity contribution in [3.05, 3.63) is 27.9 Å². The number of pyridine rings is 1. The Labute approximate surface area is 107 Å². The van der Waals surface area contributed by atoms with Crippen molar-refractivity contribution >= 4 is 23.4 Å². The maximum Gasteiger partial charge on any atom is 0.337 e. The monoisotopic (exact) mass is 268 g/mol. The lowest BCUT2D eigenvalue weighted by Gasteiger charge is -2.06. The van der Waals surface area contributed by atoms with E-state index in [1.54, 1.807) is 6.92 Å². The molecular formula is C10H12N4O5. The molecule has 0 unspecified atom stereocenters. The highest BCUT2D eigenvalue weighted by atomic mass is 16.6. The zero-order valence-electron chi connectivity index (χ0n) is 10.0. The summed E-state index contributed by atoms with van der Waals surface area (Å²) in [6.45, 7) is 1.99. The SMILES string of the molecule is CCNC(=O)CNc1ncc(C(=O)O)cc1[N+](=O)[O-]. The quantitative estimate of drug-likeness (QED) is 0.496. The standard InChI is InChI=1S/C10H12N4O5/c1-2-11-8(15)5-13-9-7(14(18)19)3-6(4-12-9)10(16)17/h3-4H,2,5H2,1H3,(H,11,15)(H,12,13)(H,16,17). The van der Waals surface area contributed by atoms with E-state index in [2.05, 4.69) is 15.6 Å². The fourth-order valence-corrected chi connectivity index (χ4v) is 1.27. The molecule has 0 spiro atoms. The third-order valence-electron chi connectivity index (χ3n) is 2.10. The molecule has 0 aromatic carbocycles. The minimum absolute atomic E-state index is 0.152. The molecule has 0 aliphatic carbocycles. The predicted octanol–water partition coefficient (Wildman–Crippen LogP) is 0.236. The number of hydrogen-bond acceptors (Lipinski definition) is 6. The molecule has 3 N–H and O–H groups in total. The molecule has 0 aliphatic heterocycles. The van der Waals surface area contributed by atoms with Gasteiger partial charge in [0.15, 0.2) is 0 Å². The van der Waals surface area contributed by atoms with Crippen LogP contribution in [0.5, 0.6) is 0 Å². The second kappa shape index (κ2) is 6.28. The van der Waals surface area contributed by atoms with E-state index >= 15 is 0 Å². The molecule has 1 aromatic rings. The first-order valence-corrected chi connectivity index (χ1v) is 5.34. The van der Waals surface area contributed by atoms with Gasteiger partial charge in [0.05, 0.1) is 17.0 Å². The lowest BCUT2D eigenvalue weighted by molar-refractivity contribution is -0.384. The average Bonchev–Trinajstić information content (AvgIpc) is 2.36. The molecule has 0 bridgehead atoms. The highest BCUT2D eigenvalue weighted by Gasteiger charge is 2.19. The lowest BCUT2D eigenvalue weighted by atomic mass is 10.2. The van der Waals surface area contributed by atoms with E-state index in [4.69, 9.17) is 5.11 Å². The Morgan fingerprint density at radius 1 is 1.53 bits per heavy atom. The molecule has 0 radical (unpaired) electrons. The average molecular weight is 268 g/mol. The van der Waals surface area contributed by atoms with Gasteiger partial charge in [-0.2, -0.15) is 0 Å². The minimum Gasteiger partial charge on any atom is -0.478 e. The van der Waals surface area contributed by atoms with Crippen molar-refractivity contribution in [2.75, 3.05) is 18.4 Å². The van der Waals surface area contributed by atoms with Gasteiger partial charge in [0.25, 0.3) is 0 Å². The van der Waals surface area contributed by atoms with E-state index in [-0.39, 0.29) is 23.8 Å². The van der Waals surface area contributed by atoms with Gasteiger partial charge in [-0.05, 0) is 6.92 Å². The number of aromatic nitrogens is 1. The van der Waals surface area contributed by atoms with Crippen molar-refractivity contribution in [3.63, 3.8) is 0 Å². The molecule has 1 amide bonds. The zero-order chi connectivity index (χ0) is 14.4. The van der Waals surface area contributed by atoms with Crippen LogP contribution in [0.25, 0.3) is 0 Å². The van der Waals surface area contributed by atoms with Gasteiger partial charge in [-0.25, -0.2) is 9.78 Å². The maximum absolute atomic E-state index is 11.2. The number of rotatable bonds is 6. The number of amides is 1. The van der Waals surface area contributed by atoms with Crippen LogP contribution >= 0.6 is 0 Å². The van der Waals surface area contributed by atoms with Crippen LogP contribution in [-0.4, -0.2) is 40.0 Å². The van der Waals surface area contributed by atoms with Gasteiger partial charge < -0.3 is 15.7 Å². The Balaban J connectivity index is 2.91. The number of nitrogens with zero attached hydrogens (tertiary/aromatic N) is 2. The number of carboxylic acid groups (broad SMARTS) is 1. The van der Waals surface area contributed by atoms with Crippen LogP contribution in [0.1, 0.15) is 17.3 Å². The Bertz CT molecular complexity index is 517. The summed E-state index contributed by atoms with van der Waals surface area (Å²) in [5.74, 6) is -1.81. The van der Waals surface area contributed by atoms with Gasteiger partial charge in [0.1, 0.15) is 0 Å². The molecule has 0 saturated carbocycles. The third kappa shape index (κ3) is 3.91. The Hall–Kier alpha value is -2.71. The number of carbonyl (C=O) groups excluding carboxylic acids is 1. The van der Waals surface area contributed by atoms with Crippen molar-refractivity contribution in [2.45, 2.75) is 6.92 Å². The van der Waals surface area contributed by atoms with Crippen molar-refractivity contribution in [1.29, 1.82) is 0 Å². The maximum atomic E-state index is 11.2. The molecule has 102 valence electrons. The summed E-state index contributed by atoms with van der Waals surface area (Å²) in [6.07, 6.45) is 0.982. The normalized spacial score (nSPS) is 9.74. The molecule has 9 heteroatoms. The zero-order valence-corrected chi connectivity index (χ0v) is 10.0. The van der Waals surface area contributed by atoms with Gasteiger partial charge in [-0.15, -0.1) is 0 Å². The van der Waals surface area contributed by atoms with Crippen molar-refractivity contribution in [3.8, 4) is 0 Å². The highest BCUT2D eigenvalue weighted by molar-refractivity contribution is 5.89. The second-order valence-electron chi connectivity index (χ2n) is 3.46. The van der Waals surface area contributed by atoms with Crippen LogP contribution in [-0.2, 0) is 4.79 Å². The third-order valence-corrected chi connectivity index (χ3v) is 2.10. The molecular weight excluding hydrogens is 256 g/mol. The van der Waals surface area contributed by atoms with Crippen molar-refractivity contribution in [2.24, 2.45) is 0 Å². The van der Waals surface area contributed by atoms with E-state index in [1.165, 1.54) is 0 Å². The molecule has 0 fully saturated rings. The minimum atomic E-state index is -1.31. The summed E-state index contributed by atoms with van der Waals surface area (Å²) in [5.41, 5.74) is -0.792. The smallest absolute Gasteiger partial charge is 0.337 e. The van der Waals surface area contributed by atoms with Crippen molar-refractivity contribution < 1.29 is 19.6 Å². The number of anilines is 1. The van der Waals surface area contributed by atoms with E-state index in [0.29, 0.717) is 6.54 Å². The summed E-state index contributed by atoms with van der Waals surface area (Å²) in [6, 6.07) is 0.884. The number of nitro groups is 1. The van der Waals surface area contributed by atoms with Gasteiger partial charge in [-0.3, -0.25) is 14.9 Å². The summed E-state index contributed by atoms with van der Waals surface area (Å²) < 4.78 is 0.